The second-order valence-electron chi connectivity index (χ2n) is 6.53. The van der Waals surface area contributed by atoms with Crippen LogP contribution in [0.5, 0.6) is 11.5 Å². The van der Waals surface area contributed by atoms with Crippen molar-refractivity contribution in [2.75, 3.05) is 45.8 Å². The maximum absolute atomic E-state index is 5.46. The molecule has 2 N–H and O–H groups in total. The molecule has 3 rings (SSSR count). The van der Waals surface area contributed by atoms with Crippen molar-refractivity contribution in [3.63, 3.8) is 0 Å². The van der Waals surface area contributed by atoms with E-state index in [-0.39, 0.29) is 0 Å². The van der Waals surface area contributed by atoms with Gasteiger partial charge in [0.15, 0.2) is 16.6 Å². The van der Waals surface area contributed by atoms with Gasteiger partial charge in [-0.15, -0.1) is 0 Å². The van der Waals surface area contributed by atoms with Crippen molar-refractivity contribution in [1.82, 2.24) is 10.2 Å². The van der Waals surface area contributed by atoms with E-state index < -0.39 is 0 Å². The topological polar surface area (TPSA) is 55.0 Å². The number of hydrogen-bond acceptors (Lipinski definition) is 5. The molecular formula is C21H27N3O3S. The van der Waals surface area contributed by atoms with Crippen molar-refractivity contribution >= 4 is 23.0 Å². The van der Waals surface area contributed by atoms with Crippen LogP contribution in [-0.2, 0) is 17.8 Å². The number of methoxy groups -OCH3 is 2. The Morgan fingerprint density at radius 2 is 1.75 bits per heavy atom. The van der Waals surface area contributed by atoms with Crippen LogP contribution in [0.4, 0.5) is 5.69 Å². The summed E-state index contributed by atoms with van der Waals surface area (Å²) < 4.78 is 16.0. The summed E-state index contributed by atoms with van der Waals surface area (Å²) in [5.41, 5.74) is 3.40. The fraction of sp³-hybridized carbons (Fsp3) is 0.381. The van der Waals surface area contributed by atoms with Gasteiger partial charge in [-0.1, -0.05) is 24.3 Å². The molecule has 0 atom stereocenters. The van der Waals surface area contributed by atoms with Gasteiger partial charge in [0.05, 0.1) is 27.4 Å². The Balaban J connectivity index is 1.57. The summed E-state index contributed by atoms with van der Waals surface area (Å²) in [5.74, 6) is 1.34. The Morgan fingerprint density at radius 1 is 1.04 bits per heavy atom. The molecule has 0 aromatic heterocycles. The van der Waals surface area contributed by atoms with Crippen LogP contribution in [0.2, 0.25) is 0 Å². The Bertz CT molecular complexity index is 794. The van der Waals surface area contributed by atoms with Gasteiger partial charge in [0.25, 0.3) is 0 Å². The first-order chi connectivity index (χ1) is 13.7. The number of hydrogen-bond donors (Lipinski definition) is 2. The first-order valence-electron chi connectivity index (χ1n) is 9.33. The van der Waals surface area contributed by atoms with Crippen molar-refractivity contribution in [2.24, 2.45) is 0 Å². The minimum absolute atomic E-state index is 0.563. The molecule has 0 aliphatic carbocycles. The standard InChI is InChI=1S/C21H27N3O3S/c1-25-19-8-7-18(13-20(19)26-2)23-21(28)22-14-16-5-3-4-6-17(16)15-24-9-11-27-12-10-24/h3-8,13H,9-12,14-15H2,1-2H3,(H2,22,23,28). The molecular weight excluding hydrogens is 374 g/mol. The summed E-state index contributed by atoms with van der Waals surface area (Å²) >= 11 is 5.46. The van der Waals surface area contributed by atoms with E-state index in [1.165, 1.54) is 11.1 Å². The lowest BCUT2D eigenvalue weighted by atomic mass is 10.1. The third-order valence-corrected chi connectivity index (χ3v) is 4.94. The third kappa shape index (κ3) is 5.58. The molecule has 1 heterocycles. The SMILES string of the molecule is COc1ccc(NC(=S)NCc2ccccc2CN2CCOCC2)cc1OC. The highest BCUT2D eigenvalue weighted by Crippen LogP contribution is 2.29. The van der Waals surface area contributed by atoms with Crippen LogP contribution in [0.1, 0.15) is 11.1 Å². The van der Waals surface area contributed by atoms with E-state index in [0.717, 1.165) is 38.5 Å². The molecule has 1 saturated heterocycles. The second-order valence-corrected chi connectivity index (χ2v) is 6.94. The average Bonchev–Trinajstić information content (AvgIpc) is 2.73. The van der Waals surface area contributed by atoms with Crippen LogP contribution in [0.15, 0.2) is 42.5 Å². The lowest BCUT2D eigenvalue weighted by Gasteiger charge is -2.27. The van der Waals surface area contributed by atoms with E-state index in [1.54, 1.807) is 14.2 Å². The maximum Gasteiger partial charge on any atom is 0.171 e. The van der Waals surface area contributed by atoms with Crippen LogP contribution in [0.25, 0.3) is 0 Å². The van der Waals surface area contributed by atoms with Gasteiger partial charge in [-0.2, -0.15) is 0 Å². The third-order valence-electron chi connectivity index (χ3n) is 4.70. The number of anilines is 1. The van der Waals surface area contributed by atoms with E-state index in [1.807, 2.05) is 18.2 Å². The number of thiocarbonyl (C=S) groups is 1. The zero-order valence-electron chi connectivity index (χ0n) is 16.4. The van der Waals surface area contributed by atoms with Gasteiger partial charge in [0.2, 0.25) is 0 Å². The lowest BCUT2D eigenvalue weighted by molar-refractivity contribution is 0.0341. The first kappa shape index (κ1) is 20.4. The Labute approximate surface area is 171 Å². The molecule has 0 amide bonds. The molecule has 2 aromatic carbocycles. The molecule has 0 unspecified atom stereocenters. The lowest BCUT2D eigenvalue weighted by Crippen LogP contribution is -2.36. The van der Waals surface area contributed by atoms with Gasteiger partial charge in [-0.3, -0.25) is 4.90 Å². The molecule has 0 bridgehead atoms. The predicted molar refractivity (Wildman–Crippen MR) is 115 cm³/mol. The fourth-order valence-electron chi connectivity index (χ4n) is 3.15. The van der Waals surface area contributed by atoms with Crippen LogP contribution in [0.3, 0.4) is 0 Å². The van der Waals surface area contributed by atoms with Crippen molar-refractivity contribution in [3.8, 4) is 11.5 Å². The molecule has 0 saturated carbocycles. The minimum Gasteiger partial charge on any atom is -0.493 e. The highest BCUT2D eigenvalue weighted by atomic mass is 32.1. The number of rotatable bonds is 7. The molecule has 28 heavy (non-hydrogen) atoms. The van der Waals surface area contributed by atoms with Crippen LogP contribution in [0, 0.1) is 0 Å². The molecule has 2 aromatic rings. The highest BCUT2D eigenvalue weighted by molar-refractivity contribution is 7.80. The molecule has 0 spiro atoms. The van der Waals surface area contributed by atoms with E-state index in [4.69, 9.17) is 26.4 Å². The molecule has 1 aliphatic heterocycles. The summed E-state index contributed by atoms with van der Waals surface area (Å²) in [4.78, 5) is 2.42. The van der Waals surface area contributed by atoms with Gasteiger partial charge in [0, 0.05) is 37.9 Å². The van der Waals surface area contributed by atoms with Gasteiger partial charge in [0.1, 0.15) is 0 Å². The first-order valence-corrected chi connectivity index (χ1v) is 9.74. The fourth-order valence-corrected chi connectivity index (χ4v) is 3.34. The van der Waals surface area contributed by atoms with Gasteiger partial charge < -0.3 is 24.8 Å². The summed E-state index contributed by atoms with van der Waals surface area (Å²) in [6.45, 7) is 5.15. The minimum atomic E-state index is 0.563. The monoisotopic (exact) mass is 401 g/mol. The van der Waals surface area contributed by atoms with Crippen LogP contribution >= 0.6 is 12.2 Å². The van der Waals surface area contributed by atoms with Crippen LogP contribution in [-0.4, -0.2) is 50.5 Å². The summed E-state index contributed by atoms with van der Waals surface area (Å²) in [6.07, 6.45) is 0. The maximum atomic E-state index is 5.46. The molecule has 150 valence electrons. The number of nitrogens with one attached hydrogen (secondary N) is 2. The Morgan fingerprint density at radius 3 is 2.46 bits per heavy atom. The quantitative estimate of drug-likeness (QED) is 0.692. The van der Waals surface area contributed by atoms with Crippen LogP contribution < -0.4 is 20.1 Å². The number of benzene rings is 2. The summed E-state index contributed by atoms with van der Waals surface area (Å²) in [7, 11) is 3.23. The van der Waals surface area contributed by atoms with E-state index in [0.29, 0.717) is 23.2 Å². The second kappa shape index (κ2) is 10.3. The van der Waals surface area contributed by atoms with Crippen molar-refractivity contribution in [1.29, 1.82) is 0 Å². The van der Waals surface area contributed by atoms with E-state index in [9.17, 15) is 0 Å². The zero-order valence-corrected chi connectivity index (χ0v) is 17.2. The predicted octanol–water partition coefficient (Wildman–Crippen LogP) is 3.02. The van der Waals surface area contributed by atoms with E-state index in [2.05, 4.69) is 39.8 Å². The highest BCUT2D eigenvalue weighted by Gasteiger charge is 2.13. The molecule has 1 aliphatic rings. The number of ether oxygens (including phenoxy) is 3. The number of nitrogens with zero attached hydrogens (tertiary/aromatic N) is 1. The van der Waals surface area contributed by atoms with Crippen molar-refractivity contribution < 1.29 is 14.2 Å². The zero-order chi connectivity index (χ0) is 19.8. The Kier molecular flexibility index (Phi) is 7.47. The van der Waals surface area contributed by atoms with E-state index >= 15 is 0 Å². The summed E-state index contributed by atoms with van der Waals surface area (Å²) in [6, 6.07) is 14.1. The normalized spacial score (nSPS) is 14.4. The smallest absolute Gasteiger partial charge is 0.171 e. The van der Waals surface area contributed by atoms with Crippen molar-refractivity contribution in [3.05, 3.63) is 53.6 Å². The summed E-state index contributed by atoms with van der Waals surface area (Å²) in [5, 5.41) is 7.06. The molecule has 6 nitrogen and oxygen atoms in total. The molecule has 7 heteroatoms. The molecule has 1 fully saturated rings. The number of morpholine rings is 1. The Hall–Kier alpha value is -2.35. The molecule has 0 radical (unpaired) electrons. The van der Waals surface area contributed by atoms with Gasteiger partial charge in [-0.25, -0.2) is 0 Å². The average molecular weight is 402 g/mol. The van der Waals surface area contributed by atoms with Crippen molar-refractivity contribution in [2.45, 2.75) is 13.1 Å². The van der Waals surface area contributed by atoms with Gasteiger partial charge in [-0.05, 0) is 35.5 Å². The largest absolute Gasteiger partial charge is 0.493 e. The van der Waals surface area contributed by atoms with Gasteiger partial charge >= 0.3 is 0 Å².